The van der Waals surface area contributed by atoms with E-state index in [1.165, 1.54) is 0 Å². The summed E-state index contributed by atoms with van der Waals surface area (Å²) in [6.07, 6.45) is 5.29. The van der Waals surface area contributed by atoms with Gasteiger partial charge in [0.15, 0.2) is 5.78 Å². The van der Waals surface area contributed by atoms with Crippen LogP contribution < -0.4 is 5.32 Å². The summed E-state index contributed by atoms with van der Waals surface area (Å²) < 4.78 is 0. The first-order valence-corrected chi connectivity index (χ1v) is 2.56. The first-order chi connectivity index (χ1) is 3.88. The average molecular weight is 107 g/mol. The van der Waals surface area contributed by atoms with E-state index in [2.05, 4.69) is 5.32 Å². The lowest BCUT2D eigenvalue weighted by Gasteiger charge is -1.85. The molecule has 1 atom stereocenters. The van der Waals surface area contributed by atoms with Crippen LogP contribution in [0.15, 0.2) is 23.9 Å². The smallest absolute Gasteiger partial charge is 0.183 e. The Kier molecular flexibility index (Phi) is 0.497. The number of fused-ring (bicyclic) bond motifs is 1. The maximum absolute atomic E-state index is 10.6. The van der Waals surface area contributed by atoms with E-state index >= 15 is 0 Å². The summed E-state index contributed by atoms with van der Waals surface area (Å²) in [4.78, 5) is 10.6. The highest BCUT2D eigenvalue weighted by molar-refractivity contribution is 6.01. The van der Waals surface area contributed by atoms with E-state index in [9.17, 15) is 4.79 Å². The molecule has 2 aliphatic rings. The molecule has 1 fully saturated rings. The van der Waals surface area contributed by atoms with Crippen molar-refractivity contribution in [2.45, 2.75) is 6.04 Å². The molecule has 1 aliphatic heterocycles. The molecule has 40 valence electrons. The molecule has 1 saturated heterocycles. The van der Waals surface area contributed by atoms with Crippen LogP contribution in [0.5, 0.6) is 0 Å². The van der Waals surface area contributed by atoms with Crippen LogP contribution in [0.4, 0.5) is 0 Å². The summed E-state index contributed by atoms with van der Waals surface area (Å²) in [7, 11) is 0. The van der Waals surface area contributed by atoms with E-state index in [0.717, 1.165) is 5.70 Å². The third-order valence-electron chi connectivity index (χ3n) is 1.36. The number of allylic oxidation sites excluding steroid dienone is 2. The van der Waals surface area contributed by atoms with Crippen molar-refractivity contribution in [1.82, 2.24) is 5.32 Å². The molecule has 1 heterocycles. The van der Waals surface area contributed by atoms with E-state index in [1.807, 2.05) is 6.08 Å². The summed E-state index contributed by atoms with van der Waals surface area (Å²) in [5, 5.41) is 2.93. The van der Waals surface area contributed by atoms with Crippen LogP contribution in [-0.4, -0.2) is 11.8 Å². The molecular weight excluding hydrogens is 102 g/mol. The van der Waals surface area contributed by atoms with Gasteiger partial charge in [-0.3, -0.25) is 4.79 Å². The third-order valence-corrected chi connectivity index (χ3v) is 1.36. The van der Waals surface area contributed by atoms with Crippen molar-refractivity contribution in [1.29, 1.82) is 0 Å². The summed E-state index contributed by atoms with van der Waals surface area (Å²) in [5.41, 5.74) is 1.07. The lowest BCUT2D eigenvalue weighted by atomic mass is 10.2. The van der Waals surface area contributed by atoms with Gasteiger partial charge in [-0.1, -0.05) is 6.08 Å². The Labute approximate surface area is 46.9 Å². The van der Waals surface area contributed by atoms with Gasteiger partial charge in [-0.2, -0.15) is 0 Å². The molecule has 2 heteroatoms. The summed E-state index contributed by atoms with van der Waals surface area (Å²) >= 11 is 0. The van der Waals surface area contributed by atoms with Crippen molar-refractivity contribution in [2.24, 2.45) is 0 Å². The zero-order chi connectivity index (χ0) is 5.56. The highest BCUT2D eigenvalue weighted by Crippen LogP contribution is 2.19. The topological polar surface area (TPSA) is 39.0 Å². The van der Waals surface area contributed by atoms with Crippen LogP contribution in [0.25, 0.3) is 0 Å². The highest BCUT2D eigenvalue weighted by atomic mass is 16.1. The van der Waals surface area contributed by atoms with Gasteiger partial charge in [-0.15, -0.1) is 0 Å². The quantitative estimate of drug-likeness (QED) is 0.442. The summed E-state index contributed by atoms with van der Waals surface area (Å²) in [6.45, 7) is 0. The van der Waals surface area contributed by atoms with Gasteiger partial charge in [0.05, 0.1) is 0 Å². The second kappa shape index (κ2) is 1.02. The molecule has 1 aliphatic carbocycles. The molecule has 0 aromatic carbocycles. The minimum Gasteiger partial charge on any atom is -0.371 e. The Morgan fingerprint density at radius 1 is 1.62 bits per heavy atom. The van der Waals surface area contributed by atoms with Gasteiger partial charge in [-0.05, 0) is 12.2 Å². The van der Waals surface area contributed by atoms with Gasteiger partial charge in [0.1, 0.15) is 6.04 Å². The van der Waals surface area contributed by atoms with Gasteiger partial charge < -0.3 is 5.32 Å². The summed E-state index contributed by atoms with van der Waals surface area (Å²) in [5.74, 6) is 0.183. The van der Waals surface area contributed by atoms with Crippen LogP contribution in [0.3, 0.4) is 0 Å². The fourth-order valence-corrected chi connectivity index (χ4v) is 0.837. The zero-order valence-electron chi connectivity index (χ0n) is 4.22. The molecule has 2 nitrogen and oxygen atoms in total. The Morgan fingerprint density at radius 3 is 3.12 bits per heavy atom. The van der Waals surface area contributed by atoms with Crippen molar-refractivity contribution in [3.05, 3.63) is 23.9 Å². The number of nitrogens with one attached hydrogen (secondary N) is 1. The minimum atomic E-state index is 0.0556. The number of carbonyl (C=O) groups excluding carboxylic acids is 1. The van der Waals surface area contributed by atoms with Crippen LogP contribution in [0.1, 0.15) is 0 Å². The van der Waals surface area contributed by atoms with Crippen molar-refractivity contribution < 1.29 is 4.79 Å². The molecule has 0 bridgehead atoms. The fraction of sp³-hybridized carbons (Fsp3) is 0.167. The van der Waals surface area contributed by atoms with E-state index < -0.39 is 0 Å². The Bertz CT molecular complexity index is 201. The Morgan fingerprint density at radius 2 is 2.50 bits per heavy atom. The van der Waals surface area contributed by atoms with Gasteiger partial charge >= 0.3 is 0 Å². The van der Waals surface area contributed by atoms with E-state index in [0.29, 0.717) is 0 Å². The van der Waals surface area contributed by atoms with Gasteiger partial charge in [0.2, 0.25) is 0 Å². The number of carbonyl (C=O) groups is 1. The number of rotatable bonds is 0. The first-order valence-electron chi connectivity index (χ1n) is 2.56. The zero-order valence-corrected chi connectivity index (χ0v) is 4.22. The van der Waals surface area contributed by atoms with E-state index in [4.69, 9.17) is 0 Å². The molecule has 0 aromatic heterocycles. The number of hydrogen-bond donors (Lipinski definition) is 1. The van der Waals surface area contributed by atoms with Crippen molar-refractivity contribution in [3.8, 4) is 0 Å². The summed E-state index contributed by atoms with van der Waals surface area (Å²) in [6, 6.07) is 0.0556. The fourth-order valence-electron chi connectivity index (χ4n) is 0.837. The molecule has 1 N–H and O–H groups in total. The molecular formula is C6H5NO. The van der Waals surface area contributed by atoms with Crippen molar-refractivity contribution in [2.75, 3.05) is 0 Å². The van der Waals surface area contributed by atoms with Crippen LogP contribution in [0, 0.1) is 0 Å². The SMILES string of the molecule is O=C1C=CC=C2NC12. The molecule has 0 spiro atoms. The normalized spacial score (nSPS) is 30.8. The first kappa shape index (κ1) is 3.89. The predicted molar refractivity (Wildman–Crippen MR) is 29.2 cm³/mol. The number of ketones is 1. The van der Waals surface area contributed by atoms with Crippen molar-refractivity contribution >= 4 is 5.78 Å². The molecule has 0 amide bonds. The molecule has 1 unspecified atom stereocenters. The van der Waals surface area contributed by atoms with Crippen molar-refractivity contribution in [3.63, 3.8) is 0 Å². The lowest BCUT2D eigenvalue weighted by Crippen LogP contribution is -2.05. The second-order valence-electron chi connectivity index (χ2n) is 1.96. The highest BCUT2D eigenvalue weighted by Gasteiger charge is 2.35. The molecule has 0 saturated carbocycles. The standard InChI is InChI=1S/C6H5NO/c8-5-3-1-2-4-6(5)7-4/h1-3,6-7H. The van der Waals surface area contributed by atoms with E-state index in [1.54, 1.807) is 12.2 Å². The minimum absolute atomic E-state index is 0.0556. The van der Waals surface area contributed by atoms with Crippen LogP contribution in [0.2, 0.25) is 0 Å². The van der Waals surface area contributed by atoms with Gasteiger partial charge in [-0.25, -0.2) is 0 Å². The second-order valence-corrected chi connectivity index (χ2v) is 1.96. The third kappa shape index (κ3) is 0.346. The maximum Gasteiger partial charge on any atom is 0.183 e. The Hall–Kier alpha value is -1.05. The molecule has 0 aromatic rings. The Balaban J connectivity index is 2.40. The number of hydrogen-bond acceptors (Lipinski definition) is 2. The predicted octanol–water partition coefficient (Wildman–Crippen LogP) is -0.0190. The van der Waals surface area contributed by atoms with Crippen LogP contribution in [-0.2, 0) is 4.79 Å². The molecule has 0 radical (unpaired) electrons. The largest absolute Gasteiger partial charge is 0.371 e. The maximum atomic E-state index is 10.6. The van der Waals surface area contributed by atoms with Crippen LogP contribution >= 0.6 is 0 Å². The van der Waals surface area contributed by atoms with Gasteiger partial charge in [0, 0.05) is 5.70 Å². The lowest BCUT2D eigenvalue weighted by molar-refractivity contribution is -0.114. The molecule has 2 rings (SSSR count). The van der Waals surface area contributed by atoms with Gasteiger partial charge in [0.25, 0.3) is 0 Å². The monoisotopic (exact) mass is 107 g/mol. The van der Waals surface area contributed by atoms with E-state index in [-0.39, 0.29) is 11.8 Å². The average Bonchev–Trinajstić information content (AvgIpc) is 2.45. The molecule has 8 heavy (non-hydrogen) atoms.